The van der Waals surface area contributed by atoms with Crippen LogP contribution in [0.1, 0.15) is 72.1 Å². The molecule has 8 heteroatoms. The Kier molecular flexibility index (Phi) is 6.65. The fraction of sp³-hybridized carbons (Fsp3) is 0.565. The highest BCUT2D eigenvalue weighted by Gasteiger charge is 2.44. The molecule has 0 bridgehead atoms. The van der Waals surface area contributed by atoms with Gasteiger partial charge in [0.25, 0.3) is 11.8 Å². The van der Waals surface area contributed by atoms with Gasteiger partial charge in [-0.3, -0.25) is 29.4 Å². The van der Waals surface area contributed by atoms with Gasteiger partial charge >= 0.3 is 0 Å². The van der Waals surface area contributed by atoms with Crippen LogP contribution >= 0.6 is 0 Å². The number of benzene rings is 1. The second-order valence-electron chi connectivity index (χ2n) is 8.55. The SMILES string of the molecule is O=C1CCC(N2C(=O)c3ccc(OCCCCCC4CCNCC4)cc3C2=O)C(=O)N1. The van der Waals surface area contributed by atoms with E-state index in [0.717, 1.165) is 36.7 Å². The van der Waals surface area contributed by atoms with Crippen molar-refractivity contribution in [3.05, 3.63) is 29.3 Å². The van der Waals surface area contributed by atoms with Gasteiger partial charge in [-0.2, -0.15) is 0 Å². The topological polar surface area (TPSA) is 105 Å². The number of ether oxygens (including phenoxy) is 1. The Labute approximate surface area is 181 Å². The highest BCUT2D eigenvalue weighted by atomic mass is 16.5. The molecule has 0 aliphatic carbocycles. The van der Waals surface area contributed by atoms with Crippen LogP contribution < -0.4 is 15.4 Å². The first-order chi connectivity index (χ1) is 15.0. The maximum atomic E-state index is 12.8. The lowest BCUT2D eigenvalue weighted by Gasteiger charge is -2.27. The summed E-state index contributed by atoms with van der Waals surface area (Å²) in [6.07, 6.45) is 7.32. The van der Waals surface area contributed by atoms with Crippen LogP contribution in [0, 0.1) is 5.92 Å². The highest BCUT2D eigenvalue weighted by molar-refractivity contribution is 6.23. The van der Waals surface area contributed by atoms with Crippen LogP contribution in [-0.2, 0) is 9.59 Å². The number of piperidine rings is 2. The van der Waals surface area contributed by atoms with Crippen LogP contribution in [0.25, 0.3) is 0 Å². The number of rotatable bonds is 8. The van der Waals surface area contributed by atoms with E-state index in [2.05, 4.69) is 10.6 Å². The number of nitrogens with zero attached hydrogens (tertiary/aromatic N) is 1. The smallest absolute Gasteiger partial charge is 0.262 e. The maximum Gasteiger partial charge on any atom is 0.262 e. The van der Waals surface area contributed by atoms with Crippen molar-refractivity contribution in [3.8, 4) is 5.75 Å². The lowest BCUT2D eigenvalue weighted by Crippen LogP contribution is -2.54. The molecule has 3 heterocycles. The third-order valence-electron chi connectivity index (χ3n) is 6.40. The lowest BCUT2D eigenvalue weighted by molar-refractivity contribution is -0.136. The third kappa shape index (κ3) is 4.79. The number of carbonyl (C=O) groups excluding carboxylic acids is 4. The predicted molar refractivity (Wildman–Crippen MR) is 113 cm³/mol. The number of fused-ring (bicyclic) bond motifs is 1. The first kappa shape index (κ1) is 21.5. The Morgan fingerprint density at radius 3 is 2.48 bits per heavy atom. The highest BCUT2D eigenvalue weighted by Crippen LogP contribution is 2.30. The number of carbonyl (C=O) groups is 4. The molecular weight excluding hydrogens is 398 g/mol. The molecule has 3 aliphatic heterocycles. The van der Waals surface area contributed by atoms with Crippen LogP contribution in [0.2, 0.25) is 0 Å². The molecule has 4 amide bonds. The number of unbranched alkanes of at least 4 members (excludes halogenated alkanes) is 2. The summed E-state index contributed by atoms with van der Waals surface area (Å²) in [5.74, 6) is -0.616. The molecule has 2 saturated heterocycles. The van der Waals surface area contributed by atoms with Crippen molar-refractivity contribution in [1.29, 1.82) is 0 Å². The van der Waals surface area contributed by atoms with Gasteiger partial charge in [0.15, 0.2) is 0 Å². The number of amides is 4. The van der Waals surface area contributed by atoms with Crippen LogP contribution in [0.15, 0.2) is 18.2 Å². The summed E-state index contributed by atoms with van der Waals surface area (Å²) in [6.45, 7) is 2.83. The first-order valence-electron chi connectivity index (χ1n) is 11.2. The minimum atomic E-state index is -0.950. The molecular formula is C23H29N3O5. The Morgan fingerprint density at radius 1 is 0.935 bits per heavy atom. The van der Waals surface area contributed by atoms with Crippen LogP contribution in [0.5, 0.6) is 5.75 Å². The molecule has 2 N–H and O–H groups in total. The summed E-state index contributed by atoms with van der Waals surface area (Å²) in [5, 5.41) is 5.59. The van der Waals surface area contributed by atoms with Crippen molar-refractivity contribution in [2.75, 3.05) is 19.7 Å². The molecule has 1 aromatic rings. The standard InChI is InChI=1S/C23H29N3O5/c27-20-8-7-19(21(28)25-20)26-22(29)17-6-5-16(14-18(17)23(26)30)31-13-3-1-2-4-15-9-11-24-12-10-15/h5-6,14-15,19,24H,1-4,7-13H2,(H,25,27,28). The second kappa shape index (κ2) is 9.60. The summed E-state index contributed by atoms with van der Waals surface area (Å²) in [6, 6.07) is 3.90. The zero-order chi connectivity index (χ0) is 21.8. The van der Waals surface area contributed by atoms with Gasteiger partial charge in [0, 0.05) is 6.42 Å². The molecule has 3 aliphatic rings. The molecule has 166 valence electrons. The van der Waals surface area contributed by atoms with E-state index in [0.29, 0.717) is 12.4 Å². The van der Waals surface area contributed by atoms with Crippen molar-refractivity contribution < 1.29 is 23.9 Å². The van der Waals surface area contributed by atoms with Gasteiger partial charge in [0.05, 0.1) is 17.7 Å². The van der Waals surface area contributed by atoms with Gasteiger partial charge in [-0.05, 0) is 62.9 Å². The Hall–Kier alpha value is -2.74. The molecule has 0 radical (unpaired) electrons. The fourth-order valence-corrected chi connectivity index (χ4v) is 4.61. The summed E-state index contributed by atoms with van der Waals surface area (Å²) in [4.78, 5) is 50.0. The van der Waals surface area contributed by atoms with Gasteiger partial charge in [0.2, 0.25) is 11.8 Å². The molecule has 0 saturated carbocycles. The van der Waals surface area contributed by atoms with Crippen LogP contribution in [0.3, 0.4) is 0 Å². The van der Waals surface area contributed by atoms with Crippen molar-refractivity contribution in [2.24, 2.45) is 5.92 Å². The Bertz CT molecular complexity index is 878. The van der Waals surface area contributed by atoms with E-state index in [1.807, 2.05) is 0 Å². The first-order valence-corrected chi connectivity index (χ1v) is 11.2. The normalized spacial score (nSPS) is 21.9. The van der Waals surface area contributed by atoms with E-state index in [9.17, 15) is 19.2 Å². The van der Waals surface area contributed by atoms with Crippen molar-refractivity contribution >= 4 is 23.6 Å². The van der Waals surface area contributed by atoms with Gasteiger partial charge in [-0.15, -0.1) is 0 Å². The van der Waals surface area contributed by atoms with Gasteiger partial charge < -0.3 is 10.1 Å². The van der Waals surface area contributed by atoms with Crippen molar-refractivity contribution in [3.63, 3.8) is 0 Å². The Morgan fingerprint density at radius 2 is 1.71 bits per heavy atom. The number of hydrogen-bond acceptors (Lipinski definition) is 6. The zero-order valence-corrected chi connectivity index (χ0v) is 17.7. The zero-order valence-electron chi connectivity index (χ0n) is 17.7. The number of nitrogens with one attached hydrogen (secondary N) is 2. The summed E-state index contributed by atoms with van der Waals surface area (Å²) >= 11 is 0. The molecule has 8 nitrogen and oxygen atoms in total. The van der Waals surface area contributed by atoms with Gasteiger partial charge in [0.1, 0.15) is 11.8 Å². The monoisotopic (exact) mass is 427 g/mol. The summed E-state index contributed by atoms with van der Waals surface area (Å²) in [7, 11) is 0. The summed E-state index contributed by atoms with van der Waals surface area (Å²) < 4.78 is 5.81. The molecule has 1 aromatic carbocycles. The van der Waals surface area contributed by atoms with Crippen molar-refractivity contribution in [1.82, 2.24) is 15.5 Å². The van der Waals surface area contributed by atoms with E-state index in [1.54, 1.807) is 18.2 Å². The van der Waals surface area contributed by atoms with E-state index in [-0.39, 0.29) is 29.9 Å². The van der Waals surface area contributed by atoms with E-state index in [1.165, 1.54) is 25.7 Å². The Balaban J connectivity index is 1.28. The van der Waals surface area contributed by atoms with E-state index in [4.69, 9.17) is 4.74 Å². The largest absolute Gasteiger partial charge is 0.494 e. The average Bonchev–Trinajstić information content (AvgIpc) is 3.01. The molecule has 0 spiro atoms. The van der Waals surface area contributed by atoms with Gasteiger partial charge in [-0.25, -0.2) is 0 Å². The minimum absolute atomic E-state index is 0.107. The van der Waals surface area contributed by atoms with Crippen molar-refractivity contribution in [2.45, 2.75) is 57.4 Å². The third-order valence-corrected chi connectivity index (χ3v) is 6.40. The predicted octanol–water partition coefficient (Wildman–Crippen LogP) is 2.03. The molecule has 1 atom stereocenters. The fourth-order valence-electron chi connectivity index (χ4n) is 4.61. The van der Waals surface area contributed by atoms with Gasteiger partial charge in [-0.1, -0.05) is 19.3 Å². The van der Waals surface area contributed by atoms with E-state index < -0.39 is 23.8 Å². The molecule has 4 rings (SSSR count). The molecule has 1 unspecified atom stereocenters. The molecule has 0 aromatic heterocycles. The second-order valence-corrected chi connectivity index (χ2v) is 8.55. The lowest BCUT2D eigenvalue weighted by atomic mass is 9.92. The number of imide groups is 2. The van der Waals surface area contributed by atoms with E-state index >= 15 is 0 Å². The average molecular weight is 428 g/mol. The molecule has 2 fully saturated rings. The quantitative estimate of drug-likeness (QED) is 0.486. The summed E-state index contributed by atoms with van der Waals surface area (Å²) in [5.41, 5.74) is 0.516. The maximum absolute atomic E-state index is 12.8. The minimum Gasteiger partial charge on any atom is -0.494 e. The molecule has 31 heavy (non-hydrogen) atoms. The van der Waals surface area contributed by atoms with Crippen LogP contribution in [0.4, 0.5) is 0 Å². The number of hydrogen-bond donors (Lipinski definition) is 2. The van der Waals surface area contributed by atoms with Crippen LogP contribution in [-0.4, -0.2) is 54.3 Å².